The molecule has 0 saturated heterocycles. The molecule has 2 nitrogen and oxygen atoms in total. The van der Waals surface area contributed by atoms with E-state index in [1.165, 1.54) is 11.3 Å². The van der Waals surface area contributed by atoms with Gasteiger partial charge in [0, 0.05) is 17.8 Å². The fourth-order valence-electron chi connectivity index (χ4n) is 2.64. The number of ether oxygens (including phenoxy) is 1. The minimum atomic E-state index is 0.188. The van der Waals surface area contributed by atoms with Gasteiger partial charge in [0.05, 0.1) is 13.2 Å². The van der Waals surface area contributed by atoms with Crippen molar-refractivity contribution in [2.75, 3.05) is 19.8 Å². The van der Waals surface area contributed by atoms with Crippen LogP contribution in [0.25, 0.3) is 0 Å². The molecule has 1 aliphatic heterocycles. The van der Waals surface area contributed by atoms with Crippen molar-refractivity contribution in [3.05, 3.63) is 23.4 Å². The lowest BCUT2D eigenvalue weighted by Gasteiger charge is -2.42. The van der Waals surface area contributed by atoms with Gasteiger partial charge in [0.25, 0.3) is 0 Å². The predicted octanol–water partition coefficient (Wildman–Crippen LogP) is 2.97. The Labute approximate surface area is 99.0 Å². The molecule has 2 rings (SSSR count). The minimum absolute atomic E-state index is 0.188. The van der Waals surface area contributed by atoms with Crippen molar-refractivity contribution in [1.82, 2.24) is 4.90 Å². The molecule has 1 atom stereocenters. The maximum absolute atomic E-state index is 5.69. The summed E-state index contributed by atoms with van der Waals surface area (Å²) in [5.74, 6) is 0.626. The second-order valence-corrected chi connectivity index (χ2v) is 5.82. The van der Waals surface area contributed by atoms with Crippen molar-refractivity contribution >= 4 is 0 Å². The van der Waals surface area contributed by atoms with Crippen molar-refractivity contribution in [2.45, 2.75) is 39.7 Å². The zero-order chi connectivity index (χ0) is 11.8. The highest BCUT2D eigenvalue weighted by Gasteiger charge is 2.30. The van der Waals surface area contributed by atoms with Crippen LogP contribution in [-0.2, 0) is 4.74 Å². The lowest BCUT2D eigenvalue weighted by Crippen LogP contribution is -2.44. The summed E-state index contributed by atoms with van der Waals surface area (Å²) in [5, 5.41) is 0. The summed E-state index contributed by atoms with van der Waals surface area (Å²) in [6.07, 6.45) is 5.68. The Hall–Kier alpha value is -0.760. The smallest absolute Gasteiger partial charge is 0.0734 e. The van der Waals surface area contributed by atoms with Crippen LogP contribution in [0.15, 0.2) is 23.4 Å². The van der Waals surface area contributed by atoms with Gasteiger partial charge in [-0.25, -0.2) is 0 Å². The van der Waals surface area contributed by atoms with E-state index in [1.807, 2.05) is 0 Å². The Balaban J connectivity index is 2.39. The predicted molar refractivity (Wildman–Crippen MR) is 67.2 cm³/mol. The van der Waals surface area contributed by atoms with Gasteiger partial charge in [-0.05, 0) is 38.7 Å². The van der Waals surface area contributed by atoms with Gasteiger partial charge in [0.1, 0.15) is 0 Å². The summed E-state index contributed by atoms with van der Waals surface area (Å²) < 4.78 is 5.69. The third-order valence-electron chi connectivity index (χ3n) is 3.42. The van der Waals surface area contributed by atoms with Gasteiger partial charge < -0.3 is 9.64 Å². The topological polar surface area (TPSA) is 12.5 Å². The molecule has 0 bridgehead atoms. The average molecular weight is 221 g/mol. The Kier molecular flexibility index (Phi) is 3.11. The molecule has 0 fully saturated rings. The van der Waals surface area contributed by atoms with Gasteiger partial charge in [-0.3, -0.25) is 0 Å². The van der Waals surface area contributed by atoms with E-state index in [0.29, 0.717) is 5.92 Å². The number of hydrogen-bond acceptors (Lipinski definition) is 2. The van der Waals surface area contributed by atoms with E-state index in [1.54, 1.807) is 0 Å². The fourth-order valence-corrected chi connectivity index (χ4v) is 2.64. The molecule has 2 heteroatoms. The van der Waals surface area contributed by atoms with Gasteiger partial charge in [-0.2, -0.15) is 0 Å². The normalized spacial score (nSPS) is 26.8. The third kappa shape index (κ3) is 2.17. The maximum Gasteiger partial charge on any atom is 0.0734 e. The van der Waals surface area contributed by atoms with E-state index in [-0.39, 0.29) is 5.54 Å². The Morgan fingerprint density at radius 3 is 2.81 bits per heavy atom. The highest BCUT2D eigenvalue weighted by molar-refractivity contribution is 5.32. The Bertz CT molecular complexity index is 322. The van der Waals surface area contributed by atoms with Crippen LogP contribution in [0.3, 0.4) is 0 Å². The van der Waals surface area contributed by atoms with E-state index in [4.69, 9.17) is 4.74 Å². The first-order valence-electron chi connectivity index (χ1n) is 6.25. The van der Waals surface area contributed by atoms with Crippen LogP contribution in [0.5, 0.6) is 0 Å². The van der Waals surface area contributed by atoms with Crippen molar-refractivity contribution < 1.29 is 4.74 Å². The van der Waals surface area contributed by atoms with Crippen LogP contribution in [0.1, 0.15) is 34.1 Å². The van der Waals surface area contributed by atoms with Crippen molar-refractivity contribution in [2.24, 2.45) is 5.92 Å². The summed E-state index contributed by atoms with van der Waals surface area (Å²) in [5.41, 5.74) is 3.08. The van der Waals surface area contributed by atoms with Crippen LogP contribution >= 0.6 is 0 Å². The van der Waals surface area contributed by atoms with Gasteiger partial charge >= 0.3 is 0 Å². The zero-order valence-corrected chi connectivity index (χ0v) is 10.9. The first-order chi connectivity index (χ1) is 7.50. The Morgan fingerprint density at radius 2 is 2.12 bits per heavy atom. The summed E-state index contributed by atoms with van der Waals surface area (Å²) in [6, 6.07) is 0. The Morgan fingerprint density at radius 1 is 1.38 bits per heavy atom. The molecule has 0 radical (unpaired) electrons. The molecular weight excluding hydrogens is 198 g/mol. The number of nitrogens with zero attached hydrogens (tertiary/aromatic N) is 1. The molecule has 90 valence electrons. The zero-order valence-electron chi connectivity index (χ0n) is 10.9. The monoisotopic (exact) mass is 221 g/mol. The van der Waals surface area contributed by atoms with Gasteiger partial charge in [-0.15, -0.1) is 0 Å². The molecule has 2 aliphatic rings. The molecule has 1 heterocycles. The van der Waals surface area contributed by atoms with Gasteiger partial charge in [-0.1, -0.05) is 19.1 Å². The quantitative estimate of drug-likeness (QED) is 0.623. The molecule has 1 aliphatic carbocycles. The van der Waals surface area contributed by atoms with Crippen molar-refractivity contribution in [1.29, 1.82) is 0 Å². The summed E-state index contributed by atoms with van der Waals surface area (Å²) in [6.45, 7) is 11.8. The molecule has 0 amide bonds. The van der Waals surface area contributed by atoms with Crippen LogP contribution in [-0.4, -0.2) is 30.2 Å². The lowest BCUT2D eigenvalue weighted by molar-refractivity contribution is 0.110. The summed E-state index contributed by atoms with van der Waals surface area (Å²) >= 11 is 0. The molecule has 0 N–H and O–H groups in total. The van der Waals surface area contributed by atoms with Crippen LogP contribution in [0, 0.1) is 5.92 Å². The number of rotatable bonds is 0. The highest BCUT2D eigenvalue weighted by Crippen LogP contribution is 2.33. The second-order valence-electron chi connectivity index (χ2n) is 5.82. The van der Waals surface area contributed by atoms with Crippen LogP contribution in [0.2, 0.25) is 0 Å². The SMILES string of the molecule is CC1CC=CC2=C1N(C(C)(C)C)CCOC2. The lowest BCUT2D eigenvalue weighted by atomic mass is 9.90. The van der Waals surface area contributed by atoms with E-state index in [2.05, 4.69) is 44.7 Å². The summed E-state index contributed by atoms with van der Waals surface area (Å²) in [7, 11) is 0. The molecule has 0 aromatic carbocycles. The first-order valence-corrected chi connectivity index (χ1v) is 6.25. The standard InChI is InChI=1S/C14H23NO/c1-11-6-5-7-12-10-16-9-8-15(13(11)12)14(2,3)4/h5,7,11H,6,8-10H2,1-4H3. The van der Waals surface area contributed by atoms with E-state index >= 15 is 0 Å². The van der Waals surface area contributed by atoms with Gasteiger partial charge in [0.2, 0.25) is 0 Å². The maximum atomic E-state index is 5.69. The van der Waals surface area contributed by atoms with Crippen molar-refractivity contribution in [3.63, 3.8) is 0 Å². The van der Waals surface area contributed by atoms with Crippen molar-refractivity contribution in [3.8, 4) is 0 Å². The van der Waals surface area contributed by atoms with E-state index in [0.717, 1.165) is 26.2 Å². The molecule has 0 saturated carbocycles. The molecule has 0 aromatic rings. The van der Waals surface area contributed by atoms with E-state index in [9.17, 15) is 0 Å². The van der Waals surface area contributed by atoms with Crippen LogP contribution < -0.4 is 0 Å². The summed E-state index contributed by atoms with van der Waals surface area (Å²) in [4.78, 5) is 2.53. The first kappa shape index (κ1) is 11.7. The third-order valence-corrected chi connectivity index (χ3v) is 3.42. The molecule has 0 spiro atoms. The number of allylic oxidation sites excluding steroid dienone is 2. The minimum Gasteiger partial charge on any atom is -0.375 e. The average Bonchev–Trinajstić information content (AvgIpc) is 2.39. The highest BCUT2D eigenvalue weighted by atomic mass is 16.5. The fraction of sp³-hybridized carbons (Fsp3) is 0.714. The van der Waals surface area contributed by atoms with Crippen LogP contribution in [0.4, 0.5) is 0 Å². The van der Waals surface area contributed by atoms with E-state index < -0.39 is 0 Å². The molecule has 0 aromatic heterocycles. The largest absolute Gasteiger partial charge is 0.375 e. The second kappa shape index (κ2) is 4.25. The number of hydrogen-bond donors (Lipinski definition) is 0. The molecule has 1 unspecified atom stereocenters. The molecular formula is C14H23NO. The van der Waals surface area contributed by atoms with Gasteiger partial charge in [0.15, 0.2) is 0 Å². The molecule has 16 heavy (non-hydrogen) atoms.